The molecule has 0 aromatic heterocycles. The summed E-state index contributed by atoms with van der Waals surface area (Å²) in [5.41, 5.74) is 0. The number of fused-ring (bicyclic) bond motifs is 1. The summed E-state index contributed by atoms with van der Waals surface area (Å²) < 4.78 is 16.7. The Labute approximate surface area is 91.7 Å². The molecule has 4 atom stereocenters. The van der Waals surface area contributed by atoms with E-state index < -0.39 is 12.6 Å². The monoisotopic (exact) mass is 252 g/mol. The molecule has 3 unspecified atom stereocenters. The summed E-state index contributed by atoms with van der Waals surface area (Å²) in [5, 5.41) is 5.35. The number of amides is 2. The van der Waals surface area contributed by atoms with Crippen LogP contribution in [0.5, 0.6) is 0 Å². The van der Waals surface area contributed by atoms with Crippen molar-refractivity contribution in [3.63, 3.8) is 0 Å². The zero-order valence-corrected chi connectivity index (χ0v) is 9.88. The van der Waals surface area contributed by atoms with E-state index in [-0.39, 0.29) is 24.7 Å². The lowest BCUT2D eigenvalue weighted by Gasteiger charge is -2.21. The summed E-state index contributed by atoms with van der Waals surface area (Å²) in [6.45, 7) is 1.87. The van der Waals surface area contributed by atoms with E-state index in [2.05, 4.69) is 10.6 Å². The minimum absolute atomic E-state index is 0.0616. The zero-order valence-electron chi connectivity index (χ0n) is 8.17. The molecule has 8 heteroatoms. The van der Waals surface area contributed by atoms with E-state index in [1.807, 2.05) is 0 Å². The molecule has 0 radical (unpaired) electrons. The van der Waals surface area contributed by atoms with Gasteiger partial charge in [0.25, 0.3) is 0 Å². The highest BCUT2D eigenvalue weighted by Gasteiger charge is 2.51. The third kappa shape index (κ3) is 2.01. The minimum Gasteiger partial charge on any atom is -0.332 e. The molecule has 3 N–H and O–H groups in total. The number of thioether (sulfide) groups is 1. The predicted molar refractivity (Wildman–Crippen MR) is 56.9 cm³/mol. The SMILES string of the molecule is CCOP(=O)(O)[C@@H]1SCC2NC(=O)NC21. The summed E-state index contributed by atoms with van der Waals surface area (Å²) in [6, 6.07) is -0.634. The molecule has 2 rings (SSSR count). The van der Waals surface area contributed by atoms with Gasteiger partial charge < -0.3 is 20.1 Å². The van der Waals surface area contributed by atoms with Crippen molar-refractivity contribution in [2.24, 2.45) is 0 Å². The second-order valence-electron chi connectivity index (χ2n) is 3.46. The molecule has 2 heterocycles. The van der Waals surface area contributed by atoms with Crippen LogP contribution in [0, 0.1) is 0 Å². The molecule has 0 saturated carbocycles. The van der Waals surface area contributed by atoms with Crippen molar-refractivity contribution >= 4 is 25.4 Å². The lowest BCUT2D eigenvalue weighted by molar-refractivity contribution is 0.246. The fraction of sp³-hybridized carbons (Fsp3) is 0.857. The highest BCUT2D eigenvalue weighted by atomic mass is 32.2. The number of urea groups is 1. The Morgan fingerprint density at radius 3 is 3.07 bits per heavy atom. The second kappa shape index (κ2) is 3.97. The molecule has 0 aliphatic carbocycles. The van der Waals surface area contributed by atoms with E-state index in [4.69, 9.17) is 4.52 Å². The molecule has 0 bridgehead atoms. The van der Waals surface area contributed by atoms with E-state index in [9.17, 15) is 14.3 Å². The predicted octanol–water partition coefficient (Wildman–Crippen LogP) is 0.331. The van der Waals surface area contributed by atoms with Gasteiger partial charge in [-0.15, -0.1) is 11.8 Å². The van der Waals surface area contributed by atoms with E-state index >= 15 is 0 Å². The standard InChI is InChI=1S/C7H13N2O4PS/c1-2-13-14(11,12)6-5-4(3-15-6)8-7(10)9-5/h4-6H,2-3H2,1H3,(H,11,12)(H2,8,9,10)/t4?,5?,6-/m1/s1. The van der Waals surface area contributed by atoms with Gasteiger partial charge in [0.05, 0.1) is 18.7 Å². The number of rotatable bonds is 3. The van der Waals surface area contributed by atoms with Gasteiger partial charge in [-0.2, -0.15) is 0 Å². The Morgan fingerprint density at radius 1 is 1.67 bits per heavy atom. The normalized spacial score (nSPS) is 38.0. The Hall–Kier alpha value is -0.230. The van der Waals surface area contributed by atoms with Crippen LogP contribution in [0.1, 0.15) is 6.92 Å². The van der Waals surface area contributed by atoms with Gasteiger partial charge in [-0.25, -0.2) is 4.79 Å². The number of carbonyl (C=O) groups excluding carboxylic acids is 1. The first kappa shape index (κ1) is 11.3. The first-order chi connectivity index (χ1) is 7.04. The quantitative estimate of drug-likeness (QED) is 0.497. The molecular formula is C7H13N2O4PS. The maximum atomic E-state index is 11.8. The zero-order chi connectivity index (χ0) is 11.1. The van der Waals surface area contributed by atoms with Gasteiger partial charge in [-0.3, -0.25) is 4.57 Å². The Balaban J connectivity index is 2.11. The van der Waals surface area contributed by atoms with Crippen LogP contribution in [-0.4, -0.2) is 40.4 Å². The average molecular weight is 252 g/mol. The first-order valence-electron chi connectivity index (χ1n) is 4.70. The van der Waals surface area contributed by atoms with Crippen LogP contribution in [0.2, 0.25) is 0 Å². The van der Waals surface area contributed by atoms with Crippen LogP contribution < -0.4 is 10.6 Å². The van der Waals surface area contributed by atoms with Crippen LogP contribution in [0.25, 0.3) is 0 Å². The van der Waals surface area contributed by atoms with E-state index in [0.717, 1.165) is 0 Å². The molecule has 0 aromatic carbocycles. The van der Waals surface area contributed by atoms with Crippen molar-refractivity contribution in [1.82, 2.24) is 10.6 Å². The largest absolute Gasteiger partial charge is 0.343 e. The van der Waals surface area contributed by atoms with Gasteiger partial charge in [0.1, 0.15) is 4.99 Å². The number of nitrogens with one attached hydrogen (secondary N) is 2. The van der Waals surface area contributed by atoms with Crippen molar-refractivity contribution in [3.8, 4) is 0 Å². The molecule has 2 amide bonds. The topological polar surface area (TPSA) is 87.7 Å². The molecule has 2 fully saturated rings. The summed E-state index contributed by atoms with van der Waals surface area (Å²) in [5.74, 6) is 0.645. The van der Waals surface area contributed by atoms with Crippen molar-refractivity contribution in [2.45, 2.75) is 24.0 Å². The summed E-state index contributed by atoms with van der Waals surface area (Å²) in [4.78, 5) is 20.2. The third-order valence-electron chi connectivity index (χ3n) is 2.44. The van der Waals surface area contributed by atoms with E-state index in [1.165, 1.54) is 11.8 Å². The summed E-state index contributed by atoms with van der Waals surface area (Å²) in [7, 11) is -3.63. The third-order valence-corrected chi connectivity index (χ3v) is 6.46. The molecule has 0 aromatic rings. The molecule has 2 aliphatic rings. The number of carbonyl (C=O) groups is 1. The van der Waals surface area contributed by atoms with Crippen LogP contribution in [0.3, 0.4) is 0 Å². The average Bonchev–Trinajstić information content (AvgIpc) is 2.61. The second-order valence-corrected chi connectivity index (χ2v) is 6.92. The number of hydrogen-bond donors (Lipinski definition) is 3. The van der Waals surface area contributed by atoms with Gasteiger partial charge in [0, 0.05) is 5.75 Å². The fourth-order valence-electron chi connectivity index (χ4n) is 1.83. The molecule has 2 saturated heterocycles. The maximum Gasteiger partial charge on any atom is 0.343 e. The van der Waals surface area contributed by atoms with E-state index in [1.54, 1.807) is 6.92 Å². The van der Waals surface area contributed by atoms with Crippen LogP contribution >= 0.6 is 19.4 Å². The van der Waals surface area contributed by atoms with Crippen molar-refractivity contribution in [1.29, 1.82) is 0 Å². The van der Waals surface area contributed by atoms with Crippen LogP contribution in [-0.2, 0) is 9.09 Å². The first-order valence-corrected chi connectivity index (χ1v) is 7.40. The van der Waals surface area contributed by atoms with Gasteiger partial charge in [-0.05, 0) is 6.92 Å². The van der Waals surface area contributed by atoms with E-state index in [0.29, 0.717) is 5.75 Å². The minimum atomic E-state index is -3.63. The van der Waals surface area contributed by atoms with Gasteiger partial charge in [0.15, 0.2) is 0 Å². The van der Waals surface area contributed by atoms with Crippen LogP contribution in [0.4, 0.5) is 4.79 Å². The molecule has 0 spiro atoms. The molecule has 2 aliphatic heterocycles. The Kier molecular flexibility index (Phi) is 2.98. The lowest BCUT2D eigenvalue weighted by atomic mass is 10.2. The Bertz CT molecular complexity index is 326. The van der Waals surface area contributed by atoms with Gasteiger partial charge in [-0.1, -0.05) is 0 Å². The molecule has 86 valence electrons. The summed E-state index contributed by atoms with van der Waals surface area (Å²) in [6.07, 6.45) is 0. The smallest absolute Gasteiger partial charge is 0.332 e. The van der Waals surface area contributed by atoms with Gasteiger partial charge >= 0.3 is 13.6 Å². The lowest BCUT2D eigenvalue weighted by Crippen LogP contribution is -2.37. The number of hydrogen-bond acceptors (Lipinski definition) is 4. The Morgan fingerprint density at radius 2 is 2.40 bits per heavy atom. The molecule has 6 nitrogen and oxygen atoms in total. The fourth-order valence-corrected chi connectivity index (χ4v) is 5.39. The van der Waals surface area contributed by atoms with Gasteiger partial charge in [0.2, 0.25) is 0 Å². The summed E-state index contributed by atoms with van der Waals surface area (Å²) >= 11 is 1.37. The van der Waals surface area contributed by atoms with Crippen molar-refractivity contribution in [3.05, 3.63) is 0 Å². The molecule has 15 heavy (non-hydrogen) atoms. The maximum absolute atomic E-state index is 11.8. The highest BCUT2D eigenvalue weighted by Crippen LogP contribution is 2.57. The van der Waals surface area contributed by atoms with Crippen molar-refractivity contribution < 1.29 is 18.8 Å². The van der Waals surface area contributed by atoms with Crippen LogP contribution in [0.15, 0.2) is 0 Å². The van der Waals surface area contributed by atoms with Crippen molar-refractivity contribution in [2.75, 3.05) is 12.4 Å². The molecular weight excluding hydrogens is 239 g/mol. The highest BCUT2D eigenvalue weighted by molar-refractivity contribution is 8.05.